The summed E-state index contributed by atoms with van der Waals surface area (Å²) in [6.07, 6.45) is -3.53. The highest BCUT2D eigenvalue weighted by atomic mass is 35.5. The average Bonchev–Trinajstić information content (AvgIpc) is 3.08. The Kier molecular flexibility index (Phi) is 4.80. The van der Waals surface area contributed by atoms with Gasteiger partial charge in [-0.25, -0.2) is 0 Å². The van der Waals surface area contributed by atoms with Gasteiger partial charge in [-0.15, -0.1) is 13.2 Å². The van der Waals surface area contributed by atoms with Crippen molar-refractivity contribution in [2.24, 2.45) is 0 Å². The lowest BCUT2D eigenvalue weighted by atomic mass is 9.39. The summed E-state index contributed by atoms with van der Waals surface area (Å²) in [7, 11) is 0. The maximum Gasteiger partial charge on any atom is 0.522 e. The van der Waals surface area contributed by atoms with Crippen LogP contribution in [0.1, 0.15) is 38.0 Å². The van der Waals surface area contributed by atoms with Gasteiger partial charge in [0, 0.05) is 29.0 Å². The number of carbonyl (C=O) groups excluding carboxylic acids is 1. The van der Waals surface area contributed by atoms with Gasteiger partial charge >= 0.3 is 6.36 Å². The number of nitrogens with zero attached hydrogens (tertiary/aromatic N) is 2. The fourth-order valence-electron chi connectivity index (χ4n) is 4.77. The van der Waals surface area contributed by atoms with E-state index in [4.69, 9.17) is 20.9 Å². The van der Waals surface area contributed by atoms with Crippen LogP contribution >= 0.6 is 11.6 Å². The summed E-state index contributed by atoms with van der Waals surface area (Å²) in [5, 5.41) is 7.64. The van der Waals surface area contributed by atoms with Crippen molar-refractivity contribution in [1.29, 1.82) is 0 Å². The monoisotopic (exact) mass is 457 g/mol. The van der Waals surface area contributed by atoms with E-state index in [1.807, 2.05) is 12.1 Å². The zero-order valence-corrected chi connectivity index (χ0v) is 17.0. The second-order valence-corrected chi connectivity index (χ2v) is 9.10. The molecule has 0 radical (unpaired) electrons. The number of ether oxygens (including phenoxy) is 2. The third kappa shape index (κ3) is 4.04. The van der Waals surface area contributed by atoms with Gasteiger partial charge in [0.2, 0.25) is 17.6 Å². The van der Waals surface area contributed by atoms with E-state index < -0.39 is 12.5 Å². The maximum absolute atomic E-state index is 12.2. The Balaban J connectivity index is 1.06. The molecule has 0 spiro atoms. The smallest absolute Gasteiger partial charge is 0.368 e. The summed E-state index contributed by atoms with van der Waals surface area (Å²) in [5.41, 5.74) is 0.309. The molecule has 2 bridgehead atoms. The summed E-state index contributed by atoms with van der Waals surface area (Å²) in [5.74, 6) is 0.784. The molecule has 7 nitrogen and oxygen atoms in total. The second-order valence-electron chi connectivity index (χ2n) is 8.66. The molecule has 4 fully saturated rings. The fourth-order valence-corrected chi connectivity index (χ4v) is 4.89. The van der Waals surface area contributed by atoms with Crippen LogP contribution in [0, 0.1) is 0 Å². The minimum atomic E-state index is -4.64. The summed E-state index contributed by atoms with van der Waals surface area (Å²) in [6, 6.07) is 7.15. The molecule has 11 heteroatoms. The van der Waals surface area contributed by atoms with Crippen LogP contribution in [0.15, 0.2) is 28.8 Å². The molecule has 4 saturated carbocycles. The van der Waals surface area contributed by atoms with Crippen molar-refractivity contribution < 1.29 is 32.0 Å². The summed E-state index contributed by atoms with van der Waals surface area (Å²) in [4.78, 5) is 16.7. The lowest BCUT2D eigenvalue weighted by Gasteiger charge is -2.68. The van der Waals surface area contributed by atoms with Gasteiger partial charge in [0.05, 0.1) is 17.6 Å². The highest BCUT2D eigenvalue weighted by Crippen LogP contribution is 2.67. The third-order valence-electron chi connectivity index (χ3n) is 6.22. The number of halogens is 4. The van der Waals surface area contributed by atoms with Gasteiger partial charge in [0.25, 0.3) is 0 Å². The molecule has 1 amide bonds. The summed E-state index contributed by atoms with van der Waals surface area (Å²) < 4.78 is 51.1. The molecule has 4 aliphatic rings. The normalized spacial score (nSPS) is 31.4. The van der Waals surface area contributed by atoms with Gasteiger partial charge < -0.3 is 14.6 Å². The van der Waals surface area contributed by atoms with Crippen molar-refractivity contribution in [1.82, 2.24) is 15.5 Å². The molecule has 1 aromatic heterocycles. The Hall–Kier alpha value is -2.17. The van der Waals surface area contributed by atoms with E-state index in [-0.39, 0.29) is 42.4 Å². The first-order valence-corrected chi connectivity index (χ1v) is 10.3. The molecule has 4 aliphatic carbocycles. The van der Waals surface area contributed by atoms with Gasteiger partial charge in [-0.3, -0.25) is 9.53 Å². The number of amides is 1. The van der Waals surface area contributed by atoms with Crippen LogP contribution in [-0.2, 0) is 19.7 Å². The molecule has 0 atom stereocenters. The van der Waals surface area contributed by atoms with Crippen molar-refractivity contribution >= 4 is 17.5 Å². The molecule has 31 heavy (non-hydrogen) atoms. The van der Waals surface area contributed by atoms with E-state index in [9.17, 15) is 18.0 Å². The van der Waals surface area contributed by atoms with Crippen LogP contribution in [0.4, 0.5) is 13.2 Å². The molecule has 1 N–H and O–H groups in total. The minimum Gasteiger partial charge on any atom is -0.368 e. The lowest BCUT2D eigenvalue weighted by molar-refractivity contribution is -0.357. The molecular formula is C20H19ClF3N3O4. The van der Waals surface area contributed by atoms with Crippen LogP contribution in [0.5, 0.6) is 0 Å². The molecule has 1 aromatic carbocycles. The first kappa shape index (κ1) is 20.7. The number of rotatable bonds is 7. The molecule has 0 aliphatic heterocycles. The minimum absolute atomic E-state index is 0.133. The first-order valence-electron chi connectivity index (χ1n) is 9.91. The van der Waals surface area contributed by atoms with Gasteiger partial charge in [-0.2, -0.15) is 4.98 Å². The van der Waals surface area contributed by atoms with Crippen molar-refractivity contribution in [3.8, 4) is 11.4 Å². The van der Waals surface area contributed by atoms with Gasteiger partial charge in [-0.05, 0) is 43.5 Å². The number of aromatic nitrogens is 2. The van der Waals surface area contributed by atoms with E-state index in [0.717, 1.165) is 5.56 Å². The number of benzene rings is 1. The topological polar surface area (TPSA) is 86.5 Å². The quantitative estimate of drug-likeness (QED) is 0.681. The molecule has 166 valence electrons. The van der Waals surface area contributed by atoms with Crippen LogP contribution in [-0.4, -0.2) is 46.8 Å². The van der Waals surface area contributed by atoms with Gasteiger partial charge in [-0.1, -0.05) is 16.8 Å². The molecule has 2 aromatic rings. The van der Waals surface area contributed by atoms with Crippen molar-refractivity contribution in [2.45, 2.75) is 61.6 Å². The van der Waals surface area contributed by atoms with Crippen molar-refractivity contribution in [2.75, 3.05) is 6.61 Å². The Morgan fingerprint density at radius 1 is 1.19 bits per heavy atom. The van der Waals surface area contributed by atoms with E-state index in [2.05, 4.69) is 20.2 Å². The Labute approximate surface area is 180 Å². The molecule has 0 saturated heterocycles. The van der Waals surface area contributed by atoms with Crippen molar-refractivity contribution in [3.63, 3.8) is 0 Å². The highest BCUT2D eigenvalue weighted by molar-refractivity contribution is 6.30. The summed E-state index contributed by atoms with van der Waals surface area (Å²) >= 11 is 5.90. The van der Waals surface area contributed by atoms with E-state index in [1.165, 1.54) is 0 Å². The van der Waals surface area contributed by atoms with Crippen LogP contribution < -0.4 is 5.32 Å². The number of nitrogens with one attached hydrogen (secondary N) is 1. The number of hydrogen-bond donors (Lipinski definition) is 1. The van der Waals surface area contributed by atoms with Crippen LogP contribution in [0.2, 0.25) is 5.02 Å². The highest BCUT2D eigenvalue weighted by Gasteiger charge is 2.72. The van der Waals surface area contributed by atoms with Gasteiger partial charge in [0.1, 0.15) is 6.61 Å². The largest absolute Gasteiger partial charge is 0.522 e. The Morgan fingerprint density at radius 3 is 2.52 bits per heavy atom. The van der Waals surface area contributed by atoms with Crippen molar-refractivity contribution in [3.05, 3.63) is 35.2 Å². The van der Waals surface area contributed by atoms with E-state index in [0.29, 0.717) is 36.0 Å². The zero-order chi connectivity index (χ0) is 21.9. The first-order chi connectivity index (χ1) is 14.6. The number of alkyl halides is 3. The zero-order valence-electron chi connectivity index (χ0n) is 16.2. The van der Waals surface area contributed by atoms with Crippen LogP contribution in [0.3, 0.4) is 0 Å². The summed E-state index contributed by atoms with van der Waals surface area (Å²) in [6.45, 7) is -0.181. The average molecular weight is 458 g/mol. The molecular weight excluding hydrogens is 439 g/mol. The maximum atomic E-state index is 12.2. The number of carbonyl (C=O) groups is 1. The predicted molar refractivity (Wildman–Crippen MR) is 101 cm³/mol. The molecule has 0 unspecified atom stereocenters. The predicted octanol–water partition coefficient (Wildman–Crippen LogP) is 3.76. The van der Waals surface area contributed by atoms with E-state index in [1.54, 1.807) is 12.1 Å². The Morgan fingerprint density at radius 2 is 1.87 bits per heavy atom. The number of hydrogen-bond acceptors (Lipinski definition) is 6. The van der Waals surface area contributed by atoms with Gasteiger partial charge in [0.15, 0.2) is 0 Å². The SMILES string of the molecule is O=C(COC1CC(OC(F)(F)F)C1)NC12CC(c3nc(-c4ccc(Cl)cc4)no3)(C1)C2. The lowest BCUT2D eigenvalue weighted by Crippen LogP contribution is -2.77. The molecule has 1 heterocycles. The molecule has 6 rings (SSSR count). The second kappa shape index (κ2) is 7.18. The standard InChI is InChI=1S/C20H19ClF3N3O4/c21-12-3-1-11(2-4-12)16-25-17(31-27-16)18-8-19(9-18,10-18)26-15(28)7-29-13-5-14(6-13)30-20(22,23)24/h1-4,13-14H,5-10H2,(H,26,28). The van der Waals surface area contributed by atoms with E-state index >= 15 is 0 Å². The Bertz CT molecular complexity index is 969. The fraction of sp³-hybridized carbons (Fsp3) is 0.550. The van der Waals surface area contributed by atoms with Crippen LogP contribution in [0.25, 0.3) is 11.4 Å². The third-order valence-corrected chi connectivity index (χ3v) is 6.47.